The predicted molar refractivity (Wildman–Crippen MR) is 122 cm³/mol. The van der Waals surface area contributed by atoms with Crippen LogP contribution in [0.1, 0.15) is 26.3 Å². The lowest BCUT2D eigenvalue weighted by molar-refractivity contribution is 0.424. The Morgan fingerprint density at radius 2 is 1.93 bits per heavy atom. The largest absolute Gasteiger partial charge is 0.323 e. The predicted octanol–water partition coefficient (Wildman–Crippen LogP) is 5.30. The summed E-state index contributed by atoms with van der Waals surface area (Å²) < 4.78 is 1.67. The van der Waals surface area contributed by atoms with Crippen LogP contribution in [0.15, 0.2) is 36.5 Å². The molecule has 0 atom stereocenters. The van der Waals surface area contributed by atoms with Gasteiger partial charge in [-0.05, 0) is 44.5 Å². The van der Waals surface area contributed by atoms with Crippen molar-refractivity contribution >= 4 is 45.7 Å². The van der Waals surface area contributed by atoms with E-state index >= 15 is 0 Å². The number of aromatic nitrogens is 5. The van der Waals surface area contributed by atoms with Crippen molar-refractivity contribution in [2.45, 2.75) is 32.9 Å². The summed E-state index contributed by atoms with van der Waals surface area (Å²) in [6.07, 6.45) is 1.70. The zero-order chi connectivity index (χ0) is 21.5. The maximum Gasteiger partial charge on any atom is 0.225 e. The summed E-state index contributed by atoms with van der Waals surface area (Å²) in [6, 6.07) is 9.67. The van der Waals surface area contributed by atoms with Gasteiger partial charge in [0.05, 0.1) is 22.4 Å². The monoisotopic (exact) mass is 443 g/mol. The third-order valence-corrected chi connectivity index (χ3v) is 5.45. The second-order valence-corrected chi connectivity index (χ2v) is 8.96. The fourth-order valence-corrected chi connectivity index (χ4v) is 3.51. The molecule has 2 aromatic carbocycles. The average molecular weight is 444 g/mol. The molecule has 0 spiro atoms. The van der Waals surface area contributed by atoms with Crippen molar-refractivity contribution in [1.29, 1.82) is 0 Å². The molecule has 4 aromatic rings. The van der Waals surface area contributed by atoms with Gasteiger partial charge in [-0.15, -0.1) is 5.10 Å². The topological polar surface area (TPSA) is 83.5 Å². The first-order chi connectivity index (χ1) is 14.2. The molecule has 0 aliphatic carbocycles. The van der Waals surface area contributed by atoms with Gasteiger partial charge in [-0.25, -0.2) is 4.68 Å². The zero-order valence-corrected chi connectivity index (χ0v) is 18.7. The Morgan fingerprint density at radius 1 is 1.13 bits per heavy atom. The van der Waals surface area contributed by atoms with Gasteiger partial charge in [-0.2, -0.15) is 10.1 Å². The van der Waals surface area contributed by atoms with Gasteiger partial charge in [0.1, 0.15) is 0 Å². The minimum Gasteiger partial charge on any atom is -0.323 e. The Kier molecular flexibility index (Phi) is 5.44. The number of halogens is 2. The number of nitrogens with one attached hydrogen (secondary N) is 3. The van der Waals surface area contributed by atoms with E-state index in [1.54, 1.807) is 10.9 Å². The van der Waals surface area contributed by atoms with Gasteiger partial charge in [0.2, 0.25) is 5.95 Å². The Bertz CT molecular complexity index is 1200. The van der Waals surface area contributed by atoms with E-state index in [4.69, 9.17) is 23.2 Å². The second kappa shape index (κ2) is 7.91. The van der Waals surface area contributed by atoms with Crippen molar-refractivity contribution in [3.63, 3.8) is 0 Å². The summed E-state index contributed by atoms with van der Waals surface area (Å²) in [5.41, 5.74) is 3.50. The van der Waals surface area contributed by atoms with Crippen LogP contribution in [-0.2, 0) is 13.6 Å². The molecule has 0 saturated heterocycles. The maximum absolute atomic E-state index is 6.51. The van der Waals surface area contributed by atoms with E-state index in [-0.39, 0.29) is 5.54 Å². The Balaban J connectivity index is 1.57. The van der Waals surface area contributed by atoms with Gasteiger partial charge < -0.3 is 10.6 Å². The molecule has 0 fully saturated rings. The molecule has 3 N–H and O–H groups in total. The lowest BCUT2D eigenvalue weighted by atomic mass is 10.1. The molecule has 0 unspecified atom stereocenters. The van der Waals surface area contributed by atoms with Gasteiger partial charge in [0, 0.05) is 35.1 Å². The van der Waals surface area contributed by atoms with Crippen molar-refractivity contribution in [3.8, 4) is 11.4 Å². The van der Waals surface area contributed by atoms with Crippen molar-refractivity contribution < 1.29 is 0 Å². The molecule has 0 radical (unpaired) electrons. The number of nitrogens with zero attached hydrogens (tertiary/aromatic N) is 4. The number of hydrogen-bond acceptors (Lipinski definition) is 5. The van der Waals surface area contributed by atoms with E-state index in [1.807, 2.05) is 37.4 Å². The van der Waals surface area contributed by atoms with Crippen molar-refractivity contribution in [3.05, 3.63) is 52.1 Å². The third-order valence-electron chi connectivity index (χ3n) is 4.69. The van der Waals surface area contributed by atoms with E-state index in [9.17, 15) is 0 Å². The lowest BCUT2D eigenvalue weighted by Gasteiger charge is -2.21. The van der Waals surface area contributed by atoms with E-state index < -0.39 is 0 Å². The minimum absolute atomic E-state index is 0.0197. The highest BCUT2D eigenvalue weighted by Crippen LogP contribution is 2.32. The number of aryl methyl sites for hydroxylation is 1. The van der Waals surface area contributed by atoms with E-state index in [0.717, 1.165) is 27.7 Å². The molecule has 0 aliphatic rings. The van der Waals surface area contributed by atoms with Crippen molar-refractivity contribution in [2.75, 3.05) is 5.32 Å². The molecule has 2 aromatic heterocycles. The molecule has 0 bridgehead atoms. The normalized spacial score (nSPS) is 11.9. The molecular formula is C21H23Cl2N7. The van der Waals surface area contributed by atoms with Crippen LogP contribution in [0.3, 0.4) is 0 Å². The highest BCUT2D eigenvalue weighted by molar-refractivity contribution is 6.38. The van der Waals surface area contributed by atoms with E-state index in [2.05, 4.69) is 51.7 Å². The SMILES string of the molecule is Cn1nc(-c2ccc(CNC(C)(C)C)c(Cl)c2)nc1Nc1ccc2[nH]ncc2c1Cl. The van der Waals surface area contributed by atoms with E-state index in [1.165, 1.54) is 0 Å². The Hall–Kier alpha value is -2.61. The first kappa shape index (κ1) is 20.7. The maximum atomic E-state index is 6.51. The summed E-state index contributed by atoms with van der Waals surface area (Å²) in [4.78, 5) is 4.62. The fourth-order valence-electron chi connectivity index (χ4n) is 3.01. The number of H-pyrrole nitrogens is 1. The van der Waals surface area contributed by atoms with Crippen LogP contribution in [0.5, 0.6) is 0 Å². The van der Waals surface area contributed by atoms with Crippen molar-refractivity contribution in [1.82, 2.24) is 30.3 Å². The van der Waals surface area contributed by atoms with Gasteiger partial charge in [0.15, 0.2) is 5.82 Å². The number of fused-ring (bicyclic) bond motifs is 1. The van der Waals surface area contributed by atoms with E-state index in [0.29, 0.717) is 28.4 Å². The molecule has 0 aliphatic heterocycles. The number of benzene rings is 2. The first-order valence-corrected chi connectivity index (χ1v) is 10.3. The molecular weight excluding hydrogens is 421 g/mol. The molecule has 0 amide bonds. The quantitative estimate of drug-likeness (QED) is 0.389. The van der Waals surface area contributed by atoms with Crippen LogP contribution in [-0.4, -0.2) is 30.5 Å². The van der Waals surface area contributed by atoms with Crippen molar-refractivity contribution in [2.24, 2.45) is 7.05 Å². The third kappa shape index (κ3) is 4.28. The summed E-state index contributed by atoms with van der Waals surface area (Å²) >= 11 is 13.0. The van der Waals surface area contributed by atoms with Crippen LogP contribution in [0.2, 0.25) is 10.0 Å². The minimum atomic E-state index is 0.0197. The molecule has 7 nitrogen and oxygen atoms in total. The van der Waals surface area contributed by atoms with Gasteiger partial charge in [0.25, 0.3) is 0 Å². The number of rotatable bonds is 5. The van der Waals surface area contributed by atoms with Crippen LogP contribution in [0, 0.1) is 0 Å². The standard InChI is InChI=1S/C21H23Cl2N7/c1-21(2,3)24-10-13-6-5-12(9-15(13)22)19-27-20(30(4)29-19)26-17-8-7-16-14(18(17)23)11-25-28-16/h5-9,11,24H,10H2,1-4H3,(H,25,28)(H,26,27,29). The summed E-state index contributed by atoms with van der Waals surface area (Å²) in [5.74, 6) is 1.15. The fraction of sp³-hybridized carbons (Fsp3) is 0.286. The summed E-state index contributed by atoms with van der Waals surface area (Å²) in [5, 5.41) is 20.2. The lowest BCUT2D eigenvalue weighted by Crippen LogP contribution is -2.35. The number of aromatic amines is 1. The Labute approximate surface area is 184 Å². The van der Waals surface area contributed by atoms with Gasteiger partial charge in [-0.3, -0.25) is 5.10 Å². The second-order valence-electron chi connectivity index (χ2n) is 8.18. The van der Waals surface area contributed by atoms with Crippen LogP contribution in [0.4, 0.5) is 11.6 Å². The summed E-state index contributed by atoms with van der Waals surface area (Å²) in [6.45, 7) is 7.06. The van der Waals surface area contributed by atoms with Crippen LogP contribution in [0.25, 0.3) is 22.3 Å². The van der Waals surface area contributed by atoms with Crippen LogP contribution < -0.4 is 10.6 Å². The molecule has 30 heavy (non-hydrogen) atoms. The number of hydrogen-bond donors (Lipinski definition) is 3. The zero-order valence-electron chi connectivity index (χ0n) is 17.2. The number of anilines is 2. The molecule has 9 heteroatoms. The van der Waals surface area contributed by atoms with Gasteiger partial charge in [-0.1, -0.05) is 35.3 Å². The summed E-state index contributed by atoms with van der Waals surface area (Å²) in [7, 11) is 1.83. The van der Waals surface area contributed by atoms with Gasteiger partial charge >= 0.3 is 0 Å². The smallest absolute Gasteiger partial charge is 0.225 e. The molecule has 2 heterocycles. The highest BCUT2D eigenvalue weighted by atomic mass is 35.5. The molecule has 0 saturated carbocycles. The average Bonchev–Trinajstić information content (AvgIpc) is 3.29. The van der Waals surface area contributed by atoms with Crippen LogP contribution >= 0.6 is 23.2 Å². The highest BCUT2D eigenvalue weighted by Gasteiger charge is 2.15. The molecule has 156 valence electrons. The molecule has 4 rings (SSSR count). The first-order valence-electron chi connectivity index (χ1n) is 9.55. The Morgan fingerprint density at radius 3 is 2.67 bits per heavy atom.